The summed E-state index contributed by atoms with van der Waals surface area (Å²) in [5.74, 6) is -0.501. The van der Waals surface area contributed by atoms with Crippen molar-refractivity contribution >= 4 is 23.4 Å². The average Bonchev–Trinajstić information content (AvgIpc) is 2.62. The number of carbonyl (C=O) groups is 2. The van der Waals surface area contributed by atoms with Gasteiger partial charge in [-0.25, -0.2) is 10.4 Å². The molecular weight excluding hydrogens is 378 g/mol. The Kier molecular flexibility index (Phi) is 7.05. The minimum atomic E-state index is -1.09. The van der Waals surface area contributed by atoms with Gasteiger partial charge in [0.15, 0.2) is 5.72 Å². The molecule has 0 aliphatic carbocycles. The van der Waals surface area contributed by atoms with Gasteiger partial charge >= 0.3 is 0 Å². The lowest BCUT2D eigenvalue weighted by molar-refractivity contribution is -0.155. The third-order valence-corrected chi connectivity index (χ3v) is 4.69. The van der Waals surface area contributed by atoms with Crippen LogP contribution < -0.4 is 15.9 Å². The van der Waals surface area contributed by atoms with E-state index in [0.717, 1.165) is 17.5 Å². The maximum Gasteiger partial charge on any atom is 0.252 e. The zero-order valence-electron chi connectivity index (χ0n) is 16.6. The highest BCUT2D eigenvalue weighted by Crippen LogP contribution is 2.27. The normalized spacial score (nSPS) is 11.2. The van der Waals surface area contributed by atoms with Crippen LogP contribution in [0.25, 0.3) is 0 Å². The number of hydrazine groups is 1. The minimum Gasteiger partial charge on any atom is -0.466 e. The highest BCUT2D eigenvalue weighted by molar-refractivity contribution is 6.31. The molecule has 0 unspecified atom stereocenters. The quantitative estimate of drug-likeness (QED) is 0.520. The van der Waals surface area contributed by atoms with Crippen molar-refractivity contribution in [2.75, 3.05) is 0 Å². The lowest BCUT2D eigenvalue weighted by Gasteiger charge is -2.38. The molecule has 2 amide bonds. The third-order valence-electron chi connectivity index (χ3n) is 4.32. The van der Waals surface area contributed by atoms with E-state index in [-0.39, 0.29) is 11.5 Å². The Morgan fingerprint density at radius 2 is 1.89 bits per heavy atom. The molecule has 7 heteroatoms. The molecule has 2 aromatic rings. The van der Waals surface area contributed by atoms with Crippen LogP contribution in [0.5, 0.6) is 5.75 Å². The Labute approximate surface area is 170 Å². The number of nitrogens with one attached hydrogen (secondary N) is 1. The largest absolute Gasteiger partial charge is 0.466 e. The van der Waals surface area contributed by atoms with Crippen LogP contribution in [0.3, 0.4) is 0 Å². The average molecular weight is 404 g/mol. The zero-order valence-corrected chi connectivity index (χ0v) is 17.3. The van der Waals surface area contributed by atoms with Gasteiger partial charge in [0, 0.05) is 18.5 Å². The molecule has 0 fully saturated rings. The number of aryl methyl sites for hydroxylation is 1. The van der Waals surface area contributed by atoms with Crippen LogP contribution in [0, 0.1) is 0 Å². The van der Waals surface area contributed by atoms with Crippen molar-refractivity contribution in [1.82, 2.24) is 10.4 Å². The second-order valence-corrected chi connectivity index (χ2v) is 7.29. The van der Waals surface area contributed by atoms with Gasteiger partial charge in [0.05, 0.1) is 5.56 Å². The maximum absolute atomic E-state index is 12.3. The summed E-state index contributed by atoms with van der Waals surface area (Å²) in [5.41, 5.74) is 9.56. The Bertz CT molecular complexity index is 868. The number of primary amides is 1. The van der Waals surface area contributed by atoms with Gasteiger partial charge in [-0.1, -0.05) is 42.8 Å². The zero-order chi connectivity index (χ0) is 20.9. The molecule has 150 valence electrons. The fraction of sp³-hybridized carbons (Fsp3) is 0.333. The molecular formula is C21H26ClN3O3. The first-order valence-corrected chi connectivity index (χ1v) is 9.43. The Morgan fingerprint density at radius 1 is 1.21 bits per heavy atom. The second kappa shape index (κ2) is 9.08. The summed E-state index contributed by atoms with van der Waals surface area (Å²) in [6.45, 7) is 7.24. The summed E-state index contributed by atoms with van der Waals surface area (Å²) in [6, 6.07) is 12.6. The van der Waals surface area contributed by atoms with Crippen molar-refractivity contribution < 1.29 is 14.3 Å². The number of nitrogens with two attached hydrogens (primary N) is 1. The molecule has 0 saturated carbocycles. The van der Waals surface area contributed by atoms with Gasteiger partial charge in [-0.15, -0.1) is 0 Å². The second-order valence-electron chi connectivity index (χ2n) is 6.88. The van der Waals surface area contributed by atoms with E-state index in [2.05, 4.69) is 5.43 Å². The van der Waals surface area contributed by atoms with E-state index in [1.807, 2.05) is 31.2 Å². The van der Waals surface area contributed by atoms with Crippen LogP contribution in [0.15, 0.2) is 42.5 Å². The number of ether oxygens (including phenoxy) is 1. The number of halogens is 1. The molecule has 3 N–H and O–H groups in total. The molecule has 0 aliphatic rings. The summed E-state index contributed by atoms with van der Waals surface area (Å²) < 4.78 is 6.09. The number of nitrogens with zero attached hydrogens (tertiary/aromatic N) is 1. The van der Waals surface area contributed by atoms with Crippen molar-refractivity contribution in [3.63, 3.8) is 0 Å². The van der Waals surface area contributed by atoms with Crippen molar-refractivity contribution in [3.05, 3.63) is 64.2 Å². The van der Waals surface area contributed by atoms with Crippen LogP contribution in [0.1, 0.15) is 49.2 Å². The van der Waals surface area contributed by atoms with Crippen LogP contribution in [-0.4, -0.2) is 22.5 Å². The van der Waals surface area contributed by atoms with Gasteiger partial charge in [-0.3, -0.25) is 9.59 Å². The van der Waals surface area contributed by atoms with Gasteiger partial charge in [0.25, 0.3) is 5.91 Å². The molecule has 0 aromatic heterocycles. The van der Waals surface area contributed by atoms with E-state index < -0.39 is 11.6 Å². The molecule has 2 aromatic carbocycles. The number of hydrogen-bond acceptors (Lipinski definition) is 4. The van der Waals surface area contributed by atoms with Gasteiger partial charge in [-0.2, -0.15) is 0 Å². The Balaban J connectivity index is 2.28. The van der Waals surface area contributed by atoms with Gasteiger partial charge in [0.2, 0.25) is 5.91 Å². The van der Waals surface area contributed by atoms with Crippen molar-refractivity contribution in [3.8, 4) is 5.75 Å². The molecule has 0 aliphatic heterocycles. The number of benzene rings is 2. The molecule has 0 spiro atoms. The monoisotopic (exact) mass is 403 g/mol. The molecule has 6 nitrogen and oxygen atoms in total. The first-order chi connectivity index (χ1) is 13.2. The number of carbonyl (C=O) groups excluding carboxylic acids is 2. The number of amides is 2. The molecule has 0 heterocycles. The molecule has 28 heavy (non-hydrogen) atoms. The van der Waals surface area contributed by atoms with Crippen LogP contribution in [0.2, 0.25) is 5.02 Å². The van der Waals surface area contributed by atoms with E-state index in [1.54, 1.807) is 32.0 Å². The van der Waals surface area contributed by atoms with E-state index in [9.17, 15) is 9.59 Å². The number of rotatable bonds is 8. The number of hydrogen-bond donors (Lipinski definition) is 2. The minimum absolute atomic E-state index is 0.246. The van der Waals surface area contributed by atoms with E-state index in [4.69, 9.17) is 22.1 Å². The fourth-order valence-corrected chi connectivity index (χ4v) is 3.08. The predicted octanol–water partition coefficient (Wildman–Crippen LogP) is 3.67. The summed E-state index contributed by atoms with van der Waals surface area (Å²) in [4.78, 5) is 24.1. The van der Waals surface area contributed by atoms with E-state index >= 15 is 0 Å². The molecule has 0 atom stereocenters. The fourth-order valence-electron chi connectivity index (χ4n) is 2.88. The highest BCUT2D eigenvalue weighted by Gasteiger charge is 2.32. The van der Waals surface area contributed by atoms with Crippen molar-refractivity contribution in [2.24, 2.45) is 5.73 Å². The van der Waals surface area contributed by atoms with E-state index in [0.29, 0.717) is 17.3 Å². The summed E-state index contributed by atoms with van der Waals surface area (Å²) >= 11 is 6.19. The lowest BCUT2D eigenvalue weighted by atomic mass is 10.1. The third kappa shape index (κ3) is 5.24. The van der Waals surface area contributed by atoms with Gasteiger partial charge < -0.3 is 10.5 Å². The van der Waals surface area contributed by atoms with E-state index in [1.165, 1.54) is 11.9 Å². The molecule has 0 bridgehead atoms. The Morgan fingerprint density at radius 3 is 2.46 bits per heavy atom. The Hall–Kier alpha value is -2.57. The van der Waals surface area contributed by atoms with Crippen LogP contribution >= 0.6 is 11.6 Å². The summed E-state index contributed by atoms with van der Waals surface area (Å²) in [6.07, 6.45) is 0.775. The predicted molar refractivity (Wildman–Crippen MR) is 110 cm³/mol. The van der Waals surface area contributed by atoms with Crippen molar-refractivity contribution in [2.45, 2.75) is 46.4 Å². The first-order valence-electron chi connectivity index (χ1n) is 9.05. The SMILES string of the molecule is CCc1ccc(C(N)=O)c(OC(C)(C)N(NCc2ccccc2Cl)C(C)=O)c1. The lowest BCUT2D eigenvalue weighted by Crippen LogP contribution is -2.57. The molecule has 2 rings (SSSR count). The summed E-state index contributed by atoms with van der Waals surface area (Å²) in [7, 11) is 0. The standard InChI is InChI=1S/C21H26ClN3O3/c1-5-15-10-11-17(20(23)27)19(12-15)28-21(3,4)25(14(2)26)24-13-16-8-6-7-9-18(16)22/h6-12,24H,5,13H2,1-4H3,(H2,23,27). The molecule has 0 saturated heterocycles. The van der Waals surface area contributed by atoms with Gasteiger partial charge in [-0.05, 0) is 49.6 Å². The summed E-state index contributed by atoms with van der Waals surface area (Å²) in [5, 5.41) is 1.98. The smallest absolute Gasteiger partial charge is 0.252 e. The van der Waals surface area contributed by atoms with Crippen molar-refractivity contribution in [1.29, 1.82) is 0 Å². The van der Waals surface area contributed by atoms with Crippen LogP contribution in [0.4, 0.5) is 0 Å². The van der Waals surface area contributed by atoms with Gasteiger partial charge in [0.1, 0.15) is 5.75 Å². The first kappa shape index (κ1) is 21.7. The maximum atomic E-state index is 12.3. The molecule has 0 radical (unpaired) electrons. The topological polar surface area (TPSA) is 84.7 Å². The highest BCUT2D eigenvalue weighted by atomic mass is 35.5. The van der Waals surface area contributed by atoms with Crippen LogP contribution in [-0.2, 0) is 17.8 Å².